The minimum atomic E-state index is 0.659. The normalized spacial score (nSPS) is 12.6. The number of pyridine rings is 1. The molecule has 0 saturated carbocycles. The van der Waals surface area contributed by atoms with Gasteiger partial charge >= 0.3 is 0 Å². The summed E-state index contributed by atoms with van der Waals surface area (Å²) in [6, 6.07) is 8.06. The predicted molar refractivity (Wildman–Crippen MR) is 82.2 cm³/mol. The Morgan fingerprint density at radius 1 is 1.39 bits per heavy atom. The highest BCUT2D eigenvalue weighted by Crippen LogP contribution is 2.27. The van der Waals surface area contributed by atoms with Crippen LogP contribution in [0.1, 0.15) is 13.3 Å². The van der Waals surface area contributed by atoms with Gasteiger partial charge in [0.2, 0.25) is 0 Å². The van der Waals surface area contributed by atoms with Gasteiger partial charge in [0.05, 0.1) is 23.1 Å². The van der Waals surface area contributed by atoms with E-state index in [2.05, 4.69) is 29.5 Å². The third kappa shape index (κ3) is 2.88. The highest BCUT2D eigenvalue weighted by Gasteiger charge is 2.06. The van der Waals surface area contributed by atoms with Crippen molar-refractivity contribution in [1.82, 2.24) is 4.98 Å². The van der Waals surface area contributed by atoms with Crippen LogP contribution in [0, 0.1) is 0 Å². The van der Waals surface area contributed by atoms with E-state index in [1.54, 1.807) is 6.20 Å². The van der Waals surface area contributed by atoms with Crippen LogP contribution < -0.4 is 11.1 Å². The Kier molecular flexibility index (Phi) is 4.31. The van der Waals surface area contributed by atoms with Crippen molar-refractivity contribution in [3.63, 3.8) is 0 Å². The van der Waals surface area contributed by atoms with Crippen molar-refractivity contribution in [2.24, 2.45) is 0 Å². The fraction of sp³-hybridized carbons (Fsp3) is 0.357. The first-order valence-corrected chi connectivity index (χ1v) is 7.41. The first-order valence-electron chi connectivity index (χ1n) is 6.12. The molecular formula is C14H19N3S. The molecule has 3 N–H and O–H groups in total. The molecule has 2 rings (SSSR count). The molecular weight excluding hydrogens is 242 g/mol. The van der Waals surface area contributed by atoms with Crippen LogP contribution in [-0.4, -0.2) is 23.0 Å². The molecule has 0 amide bonds. The molecule has 0 aliphatic carbocycles. The molecule has 0 fully saturated rings. The molecule has 2 aromatic rings. The molecule has 1 aromatic heterocycles. The molecule has 0 radical (unpaired) electrons. The number of nitrogen functional groups attached to an aromatic ring is 1. The molecule has 4 heteroatoms. The number of hydrogen-bond donors (Lipinski definition) is 2. The van der Waals surface area contributed by atoms with Crippen LogP contribution in [-0.2, 0) is 0 Å². The van der Waals surface area contributed by atoms with Crippen molar-refractivity contribution in [3.8, 4) is 0 Å². The summed E-state index contributed by atoms with van der Waals surface area (Å²) >= 11 is 1.88. The number of hydrogen-bond acceptors (Lipinski definition) is 4. The number of anilines is 2. The van der Waals surface area contributed by atoms with Crippen molar-refractivity contribution in [3.05, 3.63) is 30.5 Å². The lowest BCUT2D eigenvalue weighted by atomic mass is 10.1. The minimum absolute atomic E-state index is 0.659. The molecule has 3 nitrogen and oxygen atoms in total. The zero-order valence-electron chi connectivity index (χ0n) is 10.8. The predicted octanol–water partition coefficient (Wildman–Crippen LogP) is 3.37. The molecule has 1 heterocycles. The average Bonchev–Trinajstić information content (AvgIpc) is 2.41. The lowest BCUT2D eigenvalue weighted by molar-refractivity contribution is 0.854. The van der Waals surface area contributed by atoms with E-state index < -0.39 is 0 Å². The Balaban J connectivity index is 2.18. The van der Waals surface area contributed by atoms with E-state index in [9.17, 15) is 0 Å². The number of rotatable bonds is 5. The van der Waals surface area contributed by atoms with E-state index in [4.69, 9.17) is 5.73 Å². The van der Waals surface area contributed by atoms with Crippen molar-refractivity contribution in [1.29, 1.82) is 0 Å². The number of nitrogens with one attached hydrogen (secondary N) is 1. The monoisotopic (exact) mass is 261 g/mol. The van der Waals surface area contributed by atoms with Gasteiger partial charge in [-0.05, 0) is 18.7 Å². The van der Waals surface area contributed by atoms with Crippen molar-refractivity contribution >= 4 is 34.0 Å². The van der Waals surface area contributed by atoms with Gasteiger partial charge in [-0.2, -0.15) is 11.8 Å². The van der Waals surface area contributed by atoms with Gasteiger partial charge in [-0.25, -0.2) is 0 Å². The zero-order valence-corrected chi connectivity index (χ0v) is 11.6. The Hall–Kier alpha value is -1.42. The van der Waals surface area contributed by atoms with E-state index >= 15 is 0 Å². The number of thioether (sulfide) groups is 1. The minimum Gasteiger partial charge on any atom is -0.396 e. The molecule has 0 spiro atoms. The van der Waals surface area contributed by atoms with E-state index in [1.807, 2.05) is 30.0 Å². The SMILES string of the molecule is CSC(C)CCNc1c(N)cnc2ccccc12. The summed E-state index contributed by atoms with van der Waals surface area (Å²) in [6.07, 6.45) is 4.99. The van der Waals surface area contributed by atoms with Crippen LogP contribution >= 0.6 is 11.8 Å². The molecule has 18 heavy (non-hydrogen) atoms. The number of benzene rings is 1. The van der Waals surface area contributed by atoms with Crippen molar-refractivity contribution in [2.45, 2.75) is 18.6 Å². The molecule has 0 bridgehead atoms. The van der Waals surface area contributed by atoms with Gasteiger partial charge in [-0.15, -0.1) is 0 Å². The Bertz CT molecular complexity index is 527. The van der Waals surface area contributed by atoms with E-state index in [1.165, 1.54) is 0 Å². The summed E-state index contributed by atoms with van der Waals surface area (Å²) < 4.78 is 0. The molecule has 1 atom stereocenters. The number of aromatic nitrogens is 1. The van der Waals surface area contributed by atoms with E-state index in [-0.39, 0.29) is 0 Å². The van der Waals surface area contributed by atoms with Crippen molar-refractivity contribution < 1.29 is 0 Å². The van der Waals surface area contributed by atoms with Crippen LogP contribution in [0.3, 0.4) is 0 Å². The van der Waals surface area contributed by atoms with E-state index in [0.29, 0.717) is 10.9 Å². The zero-order chi connectivity index (χ0) is 13.0. The number of para-hydroxylation sites is 1. The van der Waals surface area contributed by atoms with Crippen LogP contribution in [0.4, 0.5) is 11.4 Å². The molecule has 1 unspecified atom stereocenters. The van der Waals surface area contributed by atoms with Crippen molar-refractivity contribution in [2.75, 3.05) is 23.9 Å². The van der Waals surface area contributed by atoms with Gasteiger partial charge in [0.25, 0.3) is 0 Å². The lowest BCUT2D eigenvalue weighted by Gasteiger charge is -2.13. The maximum absolute atomic E-state index is 6.01. The molecule has 1 aromatic carbocycles. The Labute approximate surface area is 112 Å². The van der Waals surface area contributed by atoms with Gasteiger partial charge in [0.15, 0.2) is 0 Å². The van der Waals surface area contributed by atoms with Gasteiger partial charge < -0.3 is 11.1 Å². The van der Waals surface area contributed by atoms with Crippen LogP contribution in [0.25, 0.3) is 10.9 Å². The van der Waals surface area contributed by atoms with Gasteiger partial charge in [0.1, 0.15) is 0 Å². The second-order valence-electron chi connectivity index (χ2n) is 4.37. The first-order chi connectivity index (χ1) is 8.72. The Morgan fingerprint density at radius 3 is 2.94 bits per heavy atom. The molecule has 0 saturated heterocycles. The average molecular weight is 261 g/mol. The fourth-order valence-electron chi connectivity index (χ4n) is 1.87. The second kappa shape index (κ2) is 5.96. The second-order valence-corrected chi connectivity index (χ2v) is 5.64. The number of nitrogens with two attached hydrogens (primary N) is 1. The third-order valence-corrected chi connectivity index (χ3v) is 4.10. The van der Waals surface area contributed by atoms with Crippen LogP contribution in [0.5, 0.6) is 0 Å². The summed E-state index contributed by atoms with van der Waals surface area (Å²) in [5.41, 5.74) is 8.71. The summed E-state index contributed by atoms with van der Waals surface area (Å²) in [5, 5.41) is 5.19. The standard InChI is InChI=1S/C14H19N3S/c1-10(18-2)7-8-16-14-11-5-3-4-6-13(11)17-9-12(14)15/h3-6,9-10H,7-8,15H2,1-2H3,(H,16,17). The quantitative estimate of drug-likeness (QED) is 0.866. The molecule has 96 valence electrons. The van der Waals surface area contributed by atoms with Gasteiger partial charge in [-0.3, -0.25) is 4.98 Å². The summed E-state index contributed by atoms with van der Waals surface area (Å²) in [6.45, 7) is 3.17. The smallest absolute Gasteiger partial charge is 0.0743 e. The fourth-order valence-corrected chi connectivity index (χ4v) is 2.23. The highest BCUT2D eigenvalue weighted by molar-refractivity contribution is 7.99. The number of fused-ring (bicyclic) bond motifs is 1. The van der Waals surface area contributed by atoms with Gasteiger partial charge in [0, 0.05) is 17.2 Å². The van der Waals surface area contributed by atoms with E-state index in [0.717, 1.165) is 29.6 Å². The Morgan fingerprint density at radius 2 is 2.17 bits per heavy atom. The number of nitrogens with zero attached hydrogens (tertiary/aromatic N) is 1. The maximum Gasteiger partial charge on any atom is 0.0743 e. The first kappa shape index (κ1) is 13.0. The van der Waals surface area contributed by atoms with Crippen LogP contribution in [0.2, 0.25) is 0 Å². The summed E-state index contributed by atoms with van der Waals surface area (Å²) in [5.74, 6) is 0. The topological polar surface area (TPSA) is 50.9 Å². The molecule has 0 aliphatic rings. The van der Waals surface area contributed by atoms with Gasteiger partial charge in [-0.1, -0.05) is 25.1 Å². The largest absolute Gasteiger partial charge is 0.396 e. The highest BCUT2D eigenvalue weighted by atomic mass is 32.2. The lowest BCUT2D eigenvalue weighted by Crippen LogP contribution is -2.09. The molecule has 0 aliphatic heterocycles. The van der Waals surface area contributed by atoms with Crippen LogP contribution in [0.15, 0.2) is 30.5 Å². The third-order valence-electron chi connectivity index (χ3n) is 3.06. The maximum atomic E-state index is 6.01. The summed E-state index contributed by atoms with van der Waals surface area (Å²) in [7, 11) is 0. The summed E-state index contributed by atoms with van der Waals surface area (Å²) in [4.78, 5) is 4.33.